The number of hydrogen-bond acceptors (Lipinski definition) is 8. The number of hydrogen-bond donors (Lipinski definition) is 2. The molecule has 2 fully saturated rings. The van der Waals surface area contributed by atoms with E-state index in [-0.39, 0.29) is 17.9 Å². The van der Waals surface area contributed by atoms with Crippen molar-refractivity contribution in [2.75, 3.05) is 18.4 Å². The molecule has 2 aliphatic heterocycles. The molecule has 5 rings (SSSR count). The lowest BCUT2D eigenvalue weighted by atomic mass is 9.75. The Labute approximate surface area is 191 Å². The number of aryl methyl sites for hydroxylation is 2. The Hall–Kier alpha value is -3.63. The highest BCUT2D eigenvalue weighted by atomic mass is 16.2. The molecule has 0 aliphatic carbocycles. The first-order valence-corrected chi connectivity index (χ1v) is 11.2. The minimum absolute atomic E-state index is 0.0314. The fourth-order valence-corrected chi connectivity index (χ4v) is 4.45. The predicted molar refractivity (Wildman–Crippen MR) is 121 cm³/mol. The second kappa shape index (κ2) is 7.75. The van der Waals surface area contributed by atoms with E-state index in [4.69, 9.17) is 4.98 Å². The molecule has 3 aromatic heterocycles. The maximum atomic E-state index is 12.9. The number of β-lactam (4-membered cyclic amide) rings is 1. The number of carbonyl (C=O) groups excluding carboxylic acids is 2. The Bertz CT molecular complexity index is 1230. The lowest BCUT2D eigenvalue weighted by molar-refractivity contribution is -0.155. The van der Waals surface area contributed by atoms with Crippen LogP contribution in [0.5, 0.6) is 0 Å². The number of nitrogens with one attached hydrogen (secondary N) is 2. The van der Waals surface area contributed by atoms with Crippen LogP contribution in [0.1, 0.15) is 33.0 Å². The third kappa shape index (κ3) is 3.47. The first kappa shape index (κ1) is 21.2. The van der Waals surface area contributed by atoms with Crippen LogP contribution in [0, 0.1) is 12.3 Å². The van der Waals surface area contributed by atoms with Crippen LogP contribution in [0.4, 0.5) is 5.82 Å². The van der Waals surface area contributed by atoms with Crippen LogP contribution >= 0.6 is 0 Å². The Morgan fingerprint density at radius 2 is 2.00 bits per heavy atom. The van der Waals surface area contributed by atoms with E-state index in [1.165, 1.54) is 6.33 Å². The van der Waals surface area contributed by atoms with Crippen molar-refractivity contribution in [1.29, 1.82) is 0 Å². The smallest absolute Gasteiger partial charge is 0.246 e. The lowest BCUT2D eigenvalue weighted by Crippen LogP contribution is -2.69. The van der Waals surface area contributed by atoms with E-state index in [2.05, 4.69) is 30.6 Å². The average molecular weight is 450 g/mol. The molecule has 0 saturated carbocycles. The first-order chi connectivity index (χ1) is 15.8. The fraction of sp³-hybridized carbons (Fsp3) is 0.500. The zero-order valence-electron chi connectivity index (χ0n) is 19.2. The number of anilines is 1. The SMILES string of the molecule is CCn1c(-c2cnc(C)nc2)nc2c(N[C@H]3CCN(C(=O)C4NC(=O)C4(C)C)C3)ncnc21. The van der Waals surface area contributed by atoms with Crippen LogP contribution in [0.25, 0.3) is 22.6 Å². The molecule has 2 aliphatic rings. The van der Waals surface area contributed by atoms with Gasteiger partial charge in [0, 0.05) is 38.1 Å². The van der Waals surface area contributed by atoms with Gasteiger partial charge in [-0.25, -0.2) is 24.9 Å². The number of rotatable bonds is 5. The minimum atomic E-state index is -0.662. The van der Waals surface area contributed by atoms with Gasteiger partial charge in [0.05, 0.1) is 11.0 Å². The van der Waals surface area contributed by atoms with Crippen molar-refractivity contribution in [3.63, 3.8) is 0 Å². The van der Waals surface area contributed by atoms with Crippen LogP contribution in [0.15, 0.2) is 18.7 Å². The third-order valence-electron chi connectivity index (χ3n) is 6.56. The highest BCUT2D eigenvalue weighted by Gasteiger charge is 2.53. The van der Waals surface area contributed by atoms with Gasteiger partial charge in [0.2, 0.25) is 11.8 Å². The van der Waals surface area contributed by atoms with Crippen LogP contribution < -0.4 is 10.6 Å². The van der Waals surface area contributed by atoms with E-state index in [1.807, 2.05) is 23.3 Å². The Morgan fingerprint density at radius 3 is 2.67 bits per heavy atom. The summed E-state index contributed by atoms with van der Waals surface area (Å²) in [5.74, 6) is 1.96. The zero-order valence-corrected chi connectivity index (χ0v) is 19.2. The summed E-state index contributed by atoms with van der Waals surface area (Å²) in [6, 6.07) is -0.432. The number of aromatic nitrogens is 6. The molecule has 172 valence electrons. The fourth-order valence-electron chi connectivity index (χ4n) is 4.45. The van der Waals surface area contributed by atoms with Crippen molar-refractivity contribution in [3.05, 3.63) is 24.5 Å². The van der Waals surface area contributed by atoms with Crippen LogP contribution in [-0.4, -0.2) is 71.4 Å². The van der Waals surface area contributed by atoms with Gasteiger partial charge in [-0.1, -0.05) is 0 Å². The Morgan fingerprint density at radius 1 is 1.24 bits per heavy atom. The molecule has 2 atom stereocenters. The molecule has 11 heteroatoms. The van der Waals surface area contributed by atoms with Crippen LogP contribution in [-0.2, 0) is 16.1 Å². The van der Waals surface area contributed by atoms with Gasteiger partial charge < -0.3 is 20.1 Å². The molecule has 0 aromatic carbocycles. The molecule has 2 amide bonds. The molecule has 1 unspecified atom stereocenters. The molecule has 2 N–H and O–H groups in total. The molecular weight excluding hydrogens is 422 g/mol. The van der Waals surface area contributed by atoms with Gasteiger partial charge in [-0.3, -0.25) is 9.59 Å². The number of fused-ring (bicyclic) bond motifs is 1. The van der Waals surface area contributed by atoms with Gasteiger partial charge in [0.25, 0.3) is 0 Å². The standard InChI is InChI=1S/C22H27N9O2/c1-5-31-18(13-8-23-12(2)24-9-13)28-15-17(25-11-26-19(15)31)27-14-6-7-30(10-14)20(32)16-22(3,4)21(33)29-16/h8-9,11,14,16H,5-7,10H2,1-4H3,(H,29,33)(H,25,26,27)/t14-,16?/m0/s1. The quantitative estimate of drug-likeness (QED) is 0.555. The van der Waals surface area contributed by atoms with E-state index in [0.29, 0.717) is 36.8 Å². The normalized spacial score (nSPS) is 21.7. The van der Waals surface area contributed by atoms with Crippen LogP contribution in [0.3, 0.4) is 0 Å². The van der Waals surface area contributed by atoms with Gasteiger partial charge in [0.1, 0.15) is 24.0 Å². The van der Waals surface area contributed by atoms with Crippen LogP contribution in [0.2, 0.25) is 0 Å². The van der Waals surface area contributed by atoms with Crippen molar-refractivity contribution in [3.8, 4) is 11.4 Å². The summed E-state index contributed by atoms with van der Waals surface area (Å²) in [6.45, 7) is 9.34. The number of imidazole rings is 1. The molecule has 11 nitrogen and oxygen atoms in total. The van der Waals surface area contributed by atoms with Crippen molar-refractivity contribution in [2.45, 2.75) is 52.7 Å². The van der Waals surface area contributed by atoms with Gasteiger partial charge in [-0.2, -0.15) is 0 Å². The maximum Gasteiger partial charge on any atom is 0.246 e. The summed E-state index contributed by atoms with van der Waals surface area (Å²) >= 11 is 0. The monoisotopic (exact) mass is 449 g/mol. The van der Waals surface area contributed by atoms with E-state index in [0.717, 1.165) is 23.5 Å². The molecule has 5 heterocycles. The Balaban J connectivity index is 1.37. The zero-order chi connectivity index (χ0) is 23.3. The average Bonchev–Trinajstić information content (AvgIpc) is 3.42. The highest BCUT2D eigenvalue weighted by molar-refractivity contribution is 6.01. The summed E-state index contributed by atoms with van der Waals surface area (Å²) in [6.07, 6.45) is 5.83. The third-order valence-corrected chi connectivity index (χ3v) is 6.56. The van der Waals surface area contributed by atoms with E-state index in [1.54, 1.807) is 26.2 Å². The Kier molecular flexibility index (Phi) is 4.98. The molecule has 2 saturated heterocycles. The molecule has 33 heavy (non-hydrogen) atoms. The van der Waals surface area contributed by atoms with Gasteiger partial charge >= 0.3 is 0 Å². The topological polar surface area (TPSA) is 131 Å². The number of carbonyl (C=O) groups is 2. The van der Waals surface area contributed by atoms with Gasteiger partial charge in [0.15, 0.2) is 17.0 Å². The number of likely N-dealkylation sites (tertiary alicyclic amines) is 1. The summed E-state index contributed by atoms with van der Waals surface area (Å²) in [4.78, 5) is 48.8. The minimum Gasteiger partial charge on any atom is -0.364 e. The van der Waals surface area contributed by atoms with Crippen molar-refractivity contribution >= 4 is 28.8 Å². The van der Waals surface area contributed by atoms with E-state index >= 15 is 0 Å². The largest absolute Gasteiger partial charge is 0.364 e. The van der Waals surface area contributed by atoms with Gasteiger partial charge in [-0.05, 0) is 34.1 Å². The molecule has 0 radical (unpaired) electrons. The lowest BCUT2D eigenvalue weighted by Gasteiger charge is -2.43. The molecule has 0 bridgehead atoms. The predicted octanol–water partition coefficient (Wildman–Crippen LogP) is 1.15. The summed E-state index contributed by atoms with van der Waals surface area (Å²) in [5, 5.41) is 6.20. The van der Waals surface area contributed by atoms with Crippen molar-refractivity contribution in [2.24, 2.45) is 5.41 Å². The second-order valence-corrected chi connectivity index (χ2v) is 9.14. The summed E-state index contributed by atoms with van der Waals surface area (Å²) < 4.78 is 2.02. The molecule has 0 spiro atoms. The van der Waals surface area contributed by atoms with Crippen molar-refractivity contribution < 1.29 is 9.59 Å². The number of amides is 2. The summed E-state index contributed by atoms with van der Waals surface area (Å²) in [5.41, 5.74) is 1.56. The van der Waals surface area contributed by atoms with E-state index < -0.39 is 11.5 Å². The highest BCUT2D eigenvalue weighted by Crippen LogP contribution is 2.32. The second-order valence-electron chi connectivity index (χ2n) is 9.14. The maximum absolute atomic E-state index is 12.9. The van der Waals surface area contributed by atoms with Gasteiger partial charge in [-0.15, -0.1) is 0 Å². The summed E-state index contributed by atoms with van der Waals surface area (Å²) in [7, 11) is 0. The van der Waals surface area contributed by atoms with Crippen molar-refractivity contribution in [1.82, 2.24) is 39.7 Å². The van der Waals surface area contributed by atoms with E-state index in [9.17, 15) is 9.59 Å². The molecular formula is C22H27N9O2. The number of nitrogens with zero attached hydrogens (tertiary/aromatic N) is 7. The molecule has 3 aromatic rings. The first-order valence-electron chi connectivity index (χ1n) is 11.2.